The minimum absolute atomic E-state index is 0.0120. The number of hydrazone groups is 1. The number of nitro benzene ring substituents is 1. The van der Waals surface area contributed by atoms with Crippen LogP contribution in [0.25, 0.3) is 0 Å². The number of ether oxygens (including phenoxy) is 1. The Hall–Kier alpha value is -4.44. The highest BCUT2D eigenvalue weighted by atomic mass is 35.5. The van der Waals surface area contributed by atoms with E-state index in [-0.39, 0.29) is 39.0 Å². The number of aromatic hydroxyl groups is 1. The van der Waals surface area contributed by atoms with Crippen molar-refractivity contribution in [3.63, 3.8) is 0 Å². The van der Waals surface area contributed by atoms with Gasteiger partial charge in [-0.05, 0) is 55.0 Å². The van der Waals surface area contributed by atoms with Gasteiger partial charge in [-0.1, -0.05) is 23.7 Å². The number of benzene rings is 3. The summed E-state index contributed by atoms with van der Waals surface area (Å²) in [6.45, 7) is 2.16. The molecule has 3 N–H and O–H groups in total. The van der Waals surface area contributed by atoms with Gasteiger partial charge in [0.25, 0.3) is 17.5 Å². The van der Waals surface area contributed by atoms with Crippen molar-refractivity contribution in [1.82, 2.24) is 5.43 Å². The summed E-state index contributed by atoms with van der Waals surface area (Å²) in [6.07, 6.45) is 1.37. The molecule has 0 spiro atoms. The van der Waals surface area contributed by atoms with Gasteiger partial charge in [0, 0.05) is 11.6 Å². The van der Waals surface area contributed by atoms with E-state index >= 15 is 0 Å². The number of hydrogen-bond acceptors (Lipinski definition) is 7. The van der Waals surface area contributed by atoms with Crippen LogP contribution in [0.1, 0.15) is 33.2 Å². The van der Waals surface area contributed by atoms with Gasteiger partial charge in [0.05, 0.1) is 29.0 Å². The van der Waals surface area contributed by atoms with Gasteiger partial charge in [0.2, 0.25) is 0 Å². The maximum Gasteiger partial charge on any atom is 0.287 e. The first kappa shape index (κ1) is 24.2. The van der Waals surface area contributed by atoms with Crippen molar-refractivity contribution in [2.24, 2.45) is 5.10 Å². The molecular formula is C23H19ClN4O6. The standard InChI is InChI=1S/C23H19ClN4O6/c1-2-34-21-11-14(7-10-20(21)29)13-25-27-23(31)16-5-3-4-6-18(16)26-22(30)15-8-9-19(28(32)33)17(24)12-15/h3-13,29H,2H2,1H3,(H,26,30)(H,27,31)/b25-13-. The third-order valence-corrected chi connectivity index (χ3v) is 4.79. The monoisotopic (exact) mass is 482 g/mol. The molecule has 3 rings (SSSR count). The van der Waals surface area contributed by atoms with Crippen molar-refractivity contribution in [3.05, 3.63) is 92.5 Å². The number of para-hydroxylation sites is 1. The molecule has 0 heterocycles. The van der Waals surface area contributed by atoms with Gasteiger partial charge in [-0.3, -0.25) is 19.7 Å². The molecule has 0 aliphatic heterocycles. The van der Waals surface area contributed by atoms with Crippen LogP contribution in [-0.4, -0.2) is 34.7 Å². The third kappa shape index (κ3) is 5.87. The molecule has 0 saturated carbocycles. The Morgan fingerprint density at radius 3 is 2.62 bits per heavy atom. The van der Waals surface area contributed by atoms with E-state index in [9.17, 15) is 24.8 Å². The van der Waals surface area contributed by atoms with Crippen LogP contribution < -0.4 is 15.5 Å². The van der Waals surface area contributed by atoms with Gasteiger partial charge in [0.1, 0.15) is 5.02 Å². The Balaban J connectivity index is 1.72. The molecule has 34 heavy (non-hydrogen) atoms. The second-order valence-electron chi connectivity index (χ2n) is 6.78. The SMILES string of the molecule is CCOc1cc(/C=N\NC(=O)c2ccccc2NC(=O)c2ccc([N+](=O)[O-])c(Cl)c2)ccc1O. The first-order valence-corrected chi connectivity index (χ1v) is 10.3. The summed E-state index contributed by atoms with van der Waals surface area (Å²) in [5.41, 5.74) is 3.07. The second kappa shape index (κ2) is 10.9. The van der Waals surface area contributed by atoms with Crippen LogP contribution >= 0.6 is 11.6 Å². The quantitative estimate of drug-likeness (QED) is 0.247. The molecule has 174 valence electrons. The fourth-order valence-electron chi connectivity index (χ4n) is 2.89. The predicted molar refractivity (Wildman–Crippen MR) is 127 cm³/mol. The normalized spacial score (nSPS) is 10.6. The molecule has 0 saturated heterocycles. The van der Waals surface area contributed by atoms with Gasteiger partial charge in [0.15, 0.2) is 11.5 Å². The maximum atomic E-state index is 12.6. The average molecular weight is 483 g/mol. The summed E-state index contributed by atoms with van der Waals surface area (Å²) in [4.78, 5) is 35.5. The number of rotatable bonds is 8. The van der Waals surface area contributed by atoms with Gasteiger partial charge in [-0.15, -0.1) is 0 Å². The minimum atomic E-state index is -0.653. The molecule has 11 heteroatoms. The Morgan fingerprint density at radius 1 is 1.15 bits per heavy atom. The van der Waals surface area contributed by atoms with Crippen LogP contribution in [0.3, 0.4) is 0 Å². The number of carbonyl (C=O) groups is 2. The summed E-state index contributed by atoms with van der Waals surface area (Å²) in [7, 11) is 0. The highest BCUT2D eigenvalue weighted by molar-refractivity contribution is 6.33. The fourth-order valence-corrected chi connectivity index (χ4v) is 3.14. The average Bonchev–Trinajstić information content (AvgIpc) is 2.81. The van der Waals surface area contributed by atoms with Gasteiger partial charge >= 0.3 is 0 Å². The lowest BCUT2D eigenvalue weighted by Gasteiger charge is -2.10. The van der Waals surface area contributed by atoms with Gasteiger partial charge in [-0.25, -0.2) is 5.43 Å². The van der Waals surface area contributed by atoms with Crippen molar-refractivity contribution < 1.29 is 24.4 Å². The molecule has 10 nitrogen and oxygen atoms in total. The van der Waals surface area contributed by atoms with Crippen LogP contribution in [0.4, 0.5) is 11.4 Å². The second-order valence-corrected chi connectivity index (χ2v) is 7.19. The molecule has 0 fully saturated rings. The third-order valence-electron chi connectivity index (χ3n) is 4.49. The molecule has 0 radical (unpaired) electrons. The van der Waals surface area contributed by atoms with E-state index in [1.165, 1.54) is 36.5 Å². The van der Waals surface area contributed by atoms with E-state index in [0.717, 1.165) is 6.07 Å². The summed E-state index contributed by atoms with van der Waals surface area (Å²) in [5.74, 6) is -0.912. The highest BCUT2D eigenvalue weighted by Crippen LogP contribution is 2.27. The molecule has 3 aromatic rings. The largest absolute Gasteiger partial charge is 0.504 e. The number of nitro groups is 1. The number of nitrogens with one attached hydrogen (secondary N) is 2. The molecular weight excluding hydrogens is 464 g/mol. The molecule has 0 bridgehead atoms. The Morgan fingerprint density at radius 2 is 1.91 bits per heavy atom. The van der Waals surface area contributed by atoms with Crippen molar-refractivity contribution in [3.8, 4) is 11.5 Å². The summed E-state index contributed by atoms with van der Waals surface area (Å²) in [6, 6.07) is 14.4. The maximum absolute atomic E-state index is 12.6. The number of nitrogens with zero attached hydrogens (tertiary/aromatic N) is 2. The molecule has 0 unspecified atom stereocenters. The summed E-state index contributed by atoms with van der Waals surface area (Å²) in [5, 5.41) is 27.0. The number of phenolic OH excluding ortho intramolecular Hbond substituents is 1. The zero-order chi connectivity index (χ0) is 24.7. The van der Waals surface area contributed by atoms with Crippen molar-refractivity contribution in [1.29, 1.82) is 0 Å². The predicted octanol–water partition coefficient (Wildman–Crippen LogP) is 4.37. The lowest BCUT2D eigenvalue weighted by Crippen LogP contribution is -2.21. The first-order chi connectivity index (χ1) is 16.3. The van der Waals surface area contributed by atoms with Crippen molar-refractivity contribution in [2.45, 2.75) is 6.92 Å². The first-order valence-electron chi connectivity index (χ1n) is 9.93. The van der Waals surface area contributed by atoms with E-state index in [1.807, 2.05) is 0 Å². The molecule has 0 aliphatic rings. The van der Waals surface area contributed by atoms with E-state index in [0.29, 0.717) is 12.2 Å². The van der Waals surface area contributed by atoms with Crippen LogP contribution in [0, 0.1) is 10.1 Å². The zero-order valence-corrected chi connectivity index (χ0v) is 18.6. The number of amides is 2. The van der Waals surface area contributed by atoms with Crippen molar-refractivity contribution >= 4 is 41.0 Å². The lowest BCUT2D eigenvalue weighted by atomic mass is 10.1. The molecule has 0 aromatic heterocycles. The summed E-state index contributed by atoms with van der Waals surface area (Å²) < 4.78 is 5.31. The van der Waals surface area contributed by atoms with Crippen LogP contribution in [0.2, 0.25) is 5.02 Å². The summed E-state index contributed by atoms with van der Waals surface area (Å²) >= 11 is 5.87. The smallest absolute Gasteiger partial charge is 0.287 e. The van der Waals surface area contributed by atoms with Crippen molar-refractivity contribution in [2.75, 3.05) is 11.9 Å². The Kier molecular flexibility index (Phi) is 7.78. The van der Waals surface area contributed by atoms with E-state index in [1.54, 1.807) is 31.2 Å². The number of halogens is 1. The molecule has 0 aliphatic carbocycles. The number of carbonyl (C=O) groups excluding carboxylic acids is 2. The number of phenols is 1. The van der Waals surface area contributed by atoms with Gasteiger partial charge < -0.3 is 15.2 Å². The van der Waals surface area contributed by atoms with Crippen LogP contribution in [-0.2, 0) is 0 Å². The molecule has 2 amide bonds. The Labute approximate surface area is 199 Å². The van der Waals surface area contributed by atoms with E-state index < -0.39 is 16.7 Å². The highest BCUT2D eigenvalue weighted by Gasteiger charge is 2.17. The Bertz CT molecular complexity index is 1280. The topological polar surface area (TPSA) is 143 Å². The lowest BCUT2D eigenvalue weighted by molar-refractivity contribution is -0.384. The zero-order valence-electron chi connectivity index (χ0n) is 17.8. The van der Waals surface area contributed by atoms with Crippen LogP contribution in [0.5, 0.6) is 11.5 Å². The van der Waals surface area contributed by atoms with Crippen LogP contribution in [0.15, 0.2) is 65.8 Å². The molecule has 0 atom stereocenters. The van der Waals surface area contributed by atoms with E-state index in [2.05, 4.69) is 15.8 Å². The molecule has 3 aromatic carbocycles. The number of hydrogen-bond donors (Lipinski definition) is 3. The fraction of sp³-hybridized carbons (Fsp3) is 0.0870. The number of anilines is 1. The van der Waals surface area contributed by atoms with E-state index in [4.69, 9.17) is 16.3 Å². The van der Waals surface area contributed by atoms with Gasteiger partial charge in [-0.2, -0.15) is 5.10 Å². The minimum Gasteiger partial charge on any atom is -0.504 e.